The van der Waals surface area contributed by atoms with Gasteiger partial charge in [-0.1, -0.05) is 11.6 Å². The summed E-state index contributed by atoms with van der Waals surface area (Å²) >= 11 is 6.00. The van der Waals surface area contributed by atoms with E-state index in [9.17, 15) is 8.78 Å². The predicted octanol–water partition coefficient (Wildman–Crippen LogP) is 3.85. The van der Waals surface area contributed by atoms with Gasteiger partial charge in [-0.15, -0.1) is 0 Å². The van der Waals surface area contributed by atoms with E-state index in [2.05, 4.69) is 4.90 Å². The molecule has 4 nitrogen and oxygen atoms in total. The SMILES string of the molecule is Fc1cc(F)cc([C@H]2[C@H](CN3CCOCC3)OCN2c2ccc(Cl)cc2)c1. The summed E-state index contributed by atoms with van der Waals surface area (Å²) < 4.78 is 39.3. The van der Waals surface area contributed by atoms with E-state index in [1.807, 2.05) is 17.0 Å². The first-order valence-corrected chi connectivity index (χ1v) is 9.38. The molecular formula is C20H21ClF2N2O2. The van der Waals surface area contributed by atoms with Crippen LogP contribution in [0.3, 0.4) is 0 Å². The summed E-state index contributed by atoms with van der Waals surface area (Å²) in [7, 11) is 0. The number of halogens is 3. The summed E-state index contributed by atoms with van der Waals surface area (Å²) in [5, 5.41) is 0.636. The smallest absolute Gasteiger partial charge is 0.126 e. The van der Waals surface area contributed by atoms with Gasteiger partial charge in [-0.2, -0.15) is 0 Å². The van der Waals surface area contributed by atoms with Gasteiger partial charge < -0.3 is 14.4 Å². The Morgan fingerprint density at radius 2 is 1.67 bits per heavy atom. The number of hydrogen-bond acceptors (Lipinski definition) is 4. The molecule has 2 saturated heterocycles. The van der Waals surface area contributed by atoms with E-state index < -0.39 is 11.6 Å². The van der Waals surface area contributed by atoms with Gasteiger partial charge in [-0.05, 0) is 42.0 Å². The van der Waals surface area contributed by atoms with Crippen molar-refractivity contribution in [3.63, 3.8) is 0 Å². The van der Waals surface area contributed by atoms with Crippen LogP contribution in [-0.4, -0.2) is 50.6 Å². The highest BCUT2D eigenvalue weighted by atomic mass is 35.5. The molecule has 0 N–H and O–H groups in total. The zero-order valence-corrected chi connectivity index (χ0v) is 15.5. The molecule has 2 aromatic rings. The Morgan fingerprint density at radius 1 is 1.00 bits per heavy atom. The van der Waals surface area contributed by atoms with Crippen LogP contribution in [0.15, 0.2) is 42.5 Å². The molecule has 7 heteroatoms. The lowest BCUT2D eigenvalue weighted by atomic mass is 9.99. The van der Waals surface area contributed by atoms with Gasteiger partial charge in [0.1, 0.15) is 18.4 Å². The Labute approximate surface area is 162 Å². The number of morpholine rings is 1. The molecule has 4 rings (SSSR count). The highest BCUT2D eigenvalue weighted by molar-refractivity contribution is 6.30. The molecule has 0 radical (unpaired) electrons. The van der Waals surface area contributed by atoms with Crippen molar-refractivity contribution in [2.24, 2.45) is 0 Å². The lowest BCUT2D eigenvalue weighted by Gasteiger charge is -2.32. The zero-order valence-electron chi connectivity index (χ0n) is 14.8. The summed E-state index contributed by atoms with van der Waals surface area (Å²) in [5.74, 6) is -1.17. The Kier molecular flexibility index (Phi) is 5.59. The highest BCUT2D eigenvalue weighted by Gasteiger charge is 2.38. The molecule has 144 valence electrons. The van der Waals surface area contributed by atoms with Crippen LogP contribution in [0.1, 0.15) is 11.6 Å². The fraction of sp³-hybridized carbons (Fsp3) is 0.400. The van der Waals surface area contributed by atoms with Gasteiger partial charge in [0.2, 0.25) is 0 Å². The number of rotatable bonds is 4. The van der Waals surface area contributed by atoms with Crippen molar-refractivity contribution in [1.82, 2.24) is 4.90 Å². The lowest BCUT2D eigenvalue weighted by molar-refractivity contribution is 0.00439. The third kappa shape index (κ3) is 4.24. The summed E-state index contributed by atoms with van der Waals surface area (Å²) in [6, 6.07) is 10.8. The van der Waals surface area contributed by atoms with Crippen molar-refractivity contribution in [2.45, 2.75) is 12.1 Å². The molecule has 2 fully saturated rings. The minimum Gasteiger partial charge on any atom is -0.379 e. The molecule has 2 atom stereocenters. The van der Waals surface area contributed by atoms with Crippen LogP contribution < -0.4 is 4.90 Å². The average Bonchev–Trinajstić information content (AvgIpc) is 3.06. The molecule has 0 aromatic heterocycles. The number of benzene rings is 2. The summed E-state index contributed by atoms with van der Waals surface area (Å²) in [6.45, 7) is 4.05. The number of anilines is 1. The third-order valence-corrected chi connectivity index (χ3v) is 5.29. The molecule has 2 aliphatic rings. The molecule has 0 saturated carbocycles. The maximum atomic E-state index is 13.9. The number of ether oxygens (including phenoxy) is 2. The second kappa shape index (κ2) is 8.10. The first-order valence-electron chi connectivity index (χ1n) is 9.00. The van der Waals surface area contributed by atoms with Crippen molar-refractivity contribution < 1.29 is 18.3 Å². The van der Waals surface area contributed by atoms with Crippen molar-refractivity contribution in [3.8, 4) is 0 Å². The summed E-state index contributed by atoms with van der Waals surface area (Å²) in [6.07, 6.45) is -0.208. The number of hydrogen-bond donors (Lipinski definition) is 0. The monoisotopic (exact) mass is 394 g/mol. The van der Waals surface area contributed by atoms with E-state index in [1.165, 1.54) is 12.1 Å². The van der Waals surface area contributed by atoms with Crippen LogP contribution in [0, 0.1) is 11.6 Å². The maximum Gasteiger partial charge on any atom is 0.126 e. The molecule has 2 aliphatic heterocycles. The van der Waals surface area contributed by atoms with Crippen molar-refractivity contribution in [1.29, 1.82) is 0 Å². The Hall–Kier alpha value is -1.73. The molecule has 0 aliphatic carbocycles. The standard InChI is InChI=1S/C20H21ClF2N2O2/c21-15-1-3-18(4-2-15)25-13-27-19(12-24-5-7-26-8-6-24)20(25)14-9-16(22)11-17(23)10-14/h1-4,9-11,19-20H,5-8,12-13H2/t19-,20-/m0/s1. The fourth-order valence-electron chi connectivity index (χ4n) is 3.75. The lowest BCUT2D eigenvalue weighted by Crippen LogP contribution is -2.43. The first kappa shape index (κ1) is 18.6. The minimum absolute atomic E-state index is 0.208. The predicted molar refractivity (Wildman–Crippen MR) is 100 cm³/mol. The van der Waals surface area contributed by atoms with Crippen molar-refractivity contribution >= 4 is 17.3 Å². The van der Waals surface area contributed by atoms with Crippen LogP contribution in [-0.2, 0) is 9.47 Å². The van der Waals surface area contributed by atoms with Gasteiger partial charge in [0.05, 0.1) is 25.4 Å². The minimum atomic E-state index is -0.585. The Morgan fingerprint density at radius 3 is 2.33 bits per heavy atom. The van der Waals surface area contributed by atoms with Crippen LogP contribution in [0.5, 0.6) is 0 Å². The van der Waals surface area contributed by atoms with Crippen LogP contribution in [0.25, 0.3) is 0 Å². The van der Waals surface area contributed by atoms with Crippen LogP contribution in [0.2, 0.25) is 5.02 Å². The second-order valence-electron chi connectivity index (χ2n) is 6.84. The van der Waals surface area contributed by atoms with Crippen LogP contribution >= 0.6 is 11.6 Å². The normalized spacial score (nSPS) is 23.7. The molecule has 27 heavy (non-hydrogen) atoms. The van der Waals surface area contributed by atoms with Crippen molar-refractivity contribution in [2.75, 3.05) is 44.5 Å². The molecule has 0 bridgehead atoms. The fourth-order valence-corrected chi connectivity index (χ4v) is 3.87. The highest BCUT2D eigenvalue weighted by Crippen LogP contribution is 2.37. The van der Waals surface area contributed by atoms with Gasteiger partial charge in [0.15, 0.2) is 0 Å². The van der Waals surface area contributed by atoms with E-state index in [0.717, 1.165) is 24.8 Å². The summed E-state index contributed by atoms with van der Waals surface area (Å²) in [4.78, 5) is 4.29. The molecule has 0 spiro atoms. The van der Waals surface area contributed by atoms with E-state index in [1.54, 1.807) is 12.1 Å². The summed E-state index contributed by atoms with van der Waals surface area (Å²) in [5.41, 5.74) is 1.47. The van der Waals surface area contributed by atoms with Crippen molar-refractivity contribution in [3.05, 3.63) is 64.7 Å². The molecular weight excluding hydrogens is 374 g/mol. The molecule has 2 heterocycles. The number of nitrogens with zero attached hydrogens (tertiary/aromatic N) is 2. The van der Waals surface area contributed by atoms with Crippen LogP contribution in [0.4, 0.5) is 14.5 Å². The molecule has 2 aromatic carbocycles. The molecule has 0 amide bonds. The maximum absolute atomic E-state index is 13.9. The van der Waals surface area contributed by atoms with Gasteiger partial charge in [0.25, 0.3) is 0 Å². The van der Waals surface area contributed by atoms with Gasteiger partial charge >= 0.3 is 0 Å². The Balaban J connectivity index is 1.65. The van der Waals surface area contributed by atoms with E-state index in [0.29, 0.717) is 37.1 Å². The molecule has 0 unspecified atom stereocenters. The van der Waals surface area contributed by atoms with Gasteiger partial charge in [-0.3, -0.25) is 4.90 Å². The average molecular weight is 395 g/mol. The zero-order chi connectivity index (χ0) is 18.8. The van der Waals surface area contributed by atoms with Gasteiger partial charge in [-0.25, -0.2) is 8.78 Å². The van der Waals surface area contributed by atoms with E-state index in [-0.39, 0.29) is 12.1 Å². The largest absolute Gasteiger partial charge is 0.379 e. The van der Waals surface area contributed by atoms with Gasteiger partial charge in [0, 0.05) is 36.4 Å². The quantitative estimate of drug-likeness (QED) is 0.786. The van der Waals surface area contributed by atoms with E-state index >= 15 is 0 Å². The first-order chi connectivity index (χ1) is 13.1. The third-order valence-electron chi connectivity index (χ3n) is 5.04. The van der Waals surface area contributed by atoms with E-state index in [4.69, 9.17) is 21.1 Å². The Bertz CT molecular complexity index is 764. The second-order valence-corrected chi connectivity index (χ2v) is 7.28. The topological polar surface area (TPSA) is 24.9 Å².